The topological polar surface area (TPSA) is 94.2 Å². The largest absolute Gasteiger partial charge is 0.465 e. The van der Waals surface area contributed by atoms with Gasteiger partial charge in [-0.05, 0) is 42.3 Å². The van der Waals surface area contributed by atoms with Crippen LogP contribution in [0.4, 0.5) is 5.69 Å². The Kier molecular flexibility index (Phi) is 6.95. The number of thiocarbonyl (C=S) groups is 1. The molecule has 2 heterocycles. The second-order valence-electron chi connectivity index (χ2n) is 7.17. The lowest BCUT2D eigenvalue weighted by Gasteiger charge is -2.14. The van der Waals surface area contributed by atoms with E-state index in [1.165, 1.54) is 23.8 Å². The quantitative estimate of drug-likeness (QED) is 0.360. The van der Waals surface area contributed by atoms with Gasteiger partial charge in [0, 0.05) is 24.7 Å². The van der Waals surface area contributed by atoms with Crippen LogP contribution >= 0.6 is 24.0 Å². The van der Waals surface area contributed by atoms with E-state index >= 15 is 0 Å². The summed E-state index contributed by atoms with van der Waals surface area (Å²) in [5.74, 6) is 0.459. The molecule has 2 aromatic carbocycles. The second-order valence-corrected chi connectivity index (χ2v) is 8.84. The number of amides is 2. The number of nitrogens with one attached hydrogen (secondary N) is 1. The van der Waals surface area contributed by atoms with E-state index in [4.69, 9.17) is 21.7 Å². The fourth-order valence-electron chi connectivity index (χ4n) is 3.27. The first kappa shape index (κ1) is 22.8. The molecule has 2 aliphatic rings. The molecule has 1 N–H and O–H groups in total. The van der Waals surface area contributed by atoms with Crippen molar-refractivity contribution in [2.45, 2.75) is 12.8 Å². The Morgan fingerprint density at radius 1 is 1.18 bits per heavy atom. The minimum Gasteiger partial charge on any atom is -0.465 e. The zero-order valence-electron chi connectivity index (χ0n) is 17.7. The molecular formula is C23H20N2O6S2. The molecule has 0 atom stereocenters. The number of carbonyl (C=O) groups is 3. The first-order chi connectivity index (χ1) is 15.9. The van der Waals surface area contributed by atoms with Gasteiger partial charge >= 0.3 is 5.97 Å². The molecule has 2 amide bonds. The van der Waals surface area contributed by atoms with E-state index in [-0.39, 0.29) is 25.0 Å². The summed E-state index contributed by atoms with van der Waals surface area (Å²) < 4.78 is 15.7. The number of nitrogens with zero attached hydrogens (tertiary/aromatic N) is 1. The summed E-state index contributed by atoms with van der Waals surface area (Å²) in [5.41, 5.74) is 1.82. The average molecular weight is 485 g/mol. The first-order valence-electron chi connectivity index (χ1n) is 10.1. The number of carbonyl (C=O) groups excluding carboxylic acids is 3. The highest BCUT2D eigenvalue weighted by Crippen LogP contribution is 2.35. The van der Waals surface area contributed by atoms with Crippen molar-refractivity contribution >= 4 is 57.8 Å². The van der Waals surface area contributed by atoms with Crippen LogP contribution in [0, 0.1) is 0 Å². The molecule has 0 saturated carbocycles. The highest BCUT2D eigenvalue weighted by Gasteiger charge is 2.31. The van der Waals surface area contributed by atoms with Crippen molar-refractivity contribution in [1.29, 1.82) is 0 Å². The summed E-state index contributed by atoms with van der Waals surface area (Å²) in [6.45, 7) is 0.515. The number of fused-ring (bicyclic) bond motifs is 1. The van der Waals surface area contributed by atoms with Crippen molar-refractivity contribution in [3.8, 4) is 11.5 Å². The summed E-state index contributed by atoms with van der Waals surface area (Å²) in [4.78, 5) is 38.6. The predicted octanol–water partition coefficient (Wildman–Crippen LogP) is 3.82. The Morgan fingerprint density at radius 2 is 1.94 bits per heavy atom. The van der Waals surface area contributed by atoms with Gasteiger partial charge in [0.1, 0.15) is 4.32 Å². The number of methoxy groups -OCH3 is 1. The van der Waals surface area contributed by atoms with Gasteiger partial charge < -0.3 is 19.5 Å². The molecule has 8 nitrogen and oxygen atoms in total. The van der Waals surface area contributed by atoms with E-state index in [0.29, 0.717) is 44.9 Å². The van der Waals surface area contributed by atoms with Crippen LogP contribution in [0.25, 0.3) is 6.08 Å². The van der Waals surface area contributed by atoms with Crippen molar-refractivity contribution in [1.82, 2.24) is 4.90 Å². The number of hydrogen-bond acceptors (Lipinski definition) is 8. The molecule has 170 valence electrons. The monoisotopic (exact) mass is 484 g/mol. The van der Waals surface area contributed by atoms with Crippen molar-refractivity contribution in [3.05, 3.63) is 58.5 Å². The Bertz CT molecular complexity index is 1150. The molecule has 1 saturated heterocycles. The van der Waals surface area contributed by atoms with Crippen LogP contribution in [0.15, 0.2) is 47.4 Å². The predicted molar refractivity (Wildman–Crippen MR) is 128 cm³/mol. The van der Waals surface area contributed by atoms with Gasteiger partial charge in [-0.15, -0.1) is 0 Å². The van der Waals surface area contributed by atoms with Crippen molar-refractivity contribution in [2.75, 3.05) is 25.8 Å². The van der Waals surface area contributed by atoms with Crippen molar-refractivity contribution in [3.63, 3.8) is 0 Å². The van der Waals surface area contributed by atoms with Gasteiger partial charge in [0.2, 0.25) is 12.7 Å². The summed E-state index contributed by atoms with van der Waals surface area (Å²) in [5, 5.41) is 2.82. The second kappa shape index (κ2) is 10.1. The number of rotatable bonds is 7. The van der Waals surface area contributed by atoms with E-state index in [2.05, 4.69) is 10.1 Å². The van der Waals surface area contributed by atoms with Crippen LogP contribution in [0.1, 0.15) is 28.8 Å². The molecule has 0 bridgehead atoms. The van der Waals surface area contributed by atoms with Gasteiger partial charge in [-0.2, -0.15) is 0 Å². The number of hydrogen-bond donors (Lipinski definition) is 1. The summed E-state index contributed by atoms with van der Waals surface area (Å²) in [7, 11) is 1.32. The average Bonchev–Trinajstić information content (AvgIpc) is 3.38. The van der Waals surface area contributed by atoms with Crippen LogP contribution in [0.2, 0.25) is 0 Å². The zero-order valence-corrected chi connectivity index (χ0v) is 19.3. The third-order valence-corrected chi connectivity index (χ3v) is 6.32. The Morgan fingerprint density at radius 3 is 2.70 bits per heavy atom. The Balaban J connectivity index is 1.29. The number of esters is 1. The Hall–Kier alpha value is -3.37. The van der Waals surface area contributed by atoms with Gasteiger partial charge in [0.05, 0.1) is 17.6 Å². The number of anilines is 1. The van der Waals surface area contributed by atoms with Gasteiger partial charge in [-0.3, -0.25) is 14.5 Å². The molecular weight excluding hydrogens is 464 g/mol. The van der Waals surface area contributed by atoms with Gasteiger partial charge in [-0.25, -0.2) is 4.79 Å². The van der Waals surface area contributed by atoms with E-state index in [1.54, 1.807) is 48.5 Å². The molecule has 1 fully saturated rings. The lowest BCUT2D eigenvalue weighted by atomic mass is 10.1. The molecule has 0 aliphatic carbocycles. The molecule has 0 spiro atoms. The SMILES string of the molecule is COC(=O)c1ccc(/C=C2\SC(=S)N(CCCC(=O)Nc3ccc4c(c3)OCO4)C2=O)cc1. The first-order valence-corrected chi connectivity index (χ1v) is 11.3. The summed E-state index contributed by atoms with van der Waals surface area (Å²) in [6.07, 6.45) is 2.43. The van der Waals surface area contributed by atoms with E-state index in [9.17, 15) is 14.4 Å². The van der Waals surface area contributed by atoms with Crippen LogP contribution in [-0.2, 0) is 14.3 Å². The van der Waals surface area contributed by atoms with Crippen LogP contribution in [-0.4, -0.2) is 47.5 Å². The highest BCUT2D eigenvalue weighted by molar-refractivity contribution is 8.26. The maximum Gasteiger partial charge on any atom is 0.337 e. The standard InChI is InChI=1S/C23H20N2O6S2/c1-29-22(28)15-6-4-14(5-7-15)11-19-21(27)25(23(32)33-19)10-2-3-20(26)24-16-8-9-17-18(12-16)31-13-30-17/h4-9,11-12H,2-3,10,13H2,1H3,(H,24,26)/b19-11-. The smallest absolute Gasteiger partial charge is 0.337 e. The van der Waals surface area contributed by atoms with E-state index in [1.807, 2.05) is 0 Å². The Labute approximate surface area is 199 Å². The summed E-state index contributed by atoms with van der Waals surface area (Å²) >= 11 is 6.57. The molecule has 4 rings (SSSR count). The number of benzene rings is 2. The lowest BCUT2D eigenvalue weighted by Crippen LogP contribution is -2.29. The minimum absolute atomic E-state index is 0.166. The highest BCUT2D eigenvalue weighted by atomic mass is 32.2. The van der Waals surface area contributed by atoms with Crippen molar-refractivity contribution in [2.24, 2.45) is 0 Å². The minimum atomic E-state index is -0.421. The summed E-state index contributed by atoms with van der Waals surface area (Å²) in [6, 6.07) is 11.9. The fourth-order valence-corrected chi connectivity index (χ4v) is 4.58. The van der Waals surface area contributed by atoms with Gasteiger partial charge in [0.25, 0.3) is 5.91 Å². The molecule has 0 unspecified atom stereocenters. The fraction of sp³-hybridized carbons (Fsp3) is 0.217. The maximum atomic E-state index is 12.8. The van der Waals surface area contributed by atoms with Crippen molar-refractivity contribution < 1.29 is 28.6 Å². The normalized spacial score (nSPS) is 15.8. The van der Waals surface area contributed by atoms with Crippen LogP contribution in [0.3, 0.4) is 0 Å². The molecule has 0 radical (unpaired) electrons. The number of thioether (sulfide) groups is 1. The zero-order chi connectivity index (χ0) is 23.4. The molecule has 2 aromatic rings. The van der Waals surface area contributed by atoms with E-state index < -0.39 is 5.97 Å². The van der Waals surface area contributed by atoms with Crippen LogP contribution in [0.5, 0.6) is 11.5 Å². The lowest BCUT2D eigenvalue weighted by molar-refractivity contribution is -0.122. The number of ether oxygens (including phenoxy) is 3. The third kappa shape index (κ3) is 5.35. The molecule has 10 heteroatoms. The molecule has 33 heavy (non-hydrogen) atoms. The van der Waals surface area contributed by atoms with Gasteiger partial charge in [0.15, 0.2) is 11.5 Å². The third-order valence-electron chi connectivity index (χ3n) is 4.95. The maximum absolute atomic E-state index is 12.8. The molecule has 2 aliphatic heterocycles. The van der Waals surface area contributed by atoms with Crippen LogP contribution < -0.4 is 14.8 Å². The van der Waals surface area contributed by atoms with E-state index in [0.717, 1.165) is 5.56 Å². The van der Waals surface area contributed by atoms with Gasteiger partial charge in [-0.1, -0.05) is 36.1 Å². The molecule has 0 aromatic heterocycles.